The van der Waals surface area contributed by atoms with Gasteiger partial charge in [0.2, 0.25) is 5.91 Å². The molecule has 0 heterocycles. The van der Waals surface area contributed by atoms with Crippen LogP contribution in [-0.2, 0) is 4.79 Å². The van der Waals surface area contributed by atoms with Crippen LogP contribution in [0.4, 0.5) is 0 Å². The summed E-state index contributed by atoms with van der Waals surface area (Å²) in [6, 6.07) is 7.55. The number of amides is 1. The second-order valence-corrected chi connectivity index (χ2v) is 16.1. The fourth-order valence-corrected chi connectivity index (χ4v) is 12.4. The third-order valence-corrected chi connectivity index (χ3v) is 14.5. The number of benzene rings is 1. The average molecular weight is 572 g/mol. The summed E-state index contributed by atoms with van der Waals surface area (Å²) < 4.78 is 0. The molecule has 5 aliphatic carbocycles. The molecule has 4 saturated carbocycles. The number of fused-ring (bicyclic) bond motifs is 7. The number of carbonyl (C=O) groups excluding carboxylic acids is 1. The van der Waals surface area contributed by atoms with E-state index < -0.39 is 5.97 Å². The highest BCUT2D eigenvalue weighted by molar-refractivity contribution is 5.88. The van der Waals surface area contributed by atoms with Gasteiger partial charge in [-0.25, -0.2) is 4.79 Å². The van der Waals surface area contributed by atoms with Gasteiger partial charge in [-0.05, 0) is 132 Å². The summed E-state index contributed by atoms with van der Waals surface area (Å²) in [6.07, 6.45) is 16.0. The maximum atomic E-state index is 12.8. The van der Waals surface area contributed by atoms with Gasteiger partial charge >= 0.3 is 5.97 Å². The Balaban J connectivity index is 1.35. The predicted octanol–water partition coefficient (Wildman–Crippen LogP) is 8.92. The number of carbonyl (C=O) groups is 2. The SMILES string of the molecule is C=CC1CCC2(NC(=O)CC)CCC3(C)C(CCC4C5(C)CC=C(c6ccc(C(=O)O)cc6)C(C)(C)C5CCC43C)C12. The molecule has 9 unspecified atom stereocenters. The molecule has 0 aliphatic heterocycles. The molecule has 4 nitrogen and oxygen atoms in total. The van der Waals surface area contributed by atoms with Crippen molar-refractivity contribution in [1.29, 1.82) is 0 Å². The molecule has 0 saturated heterocycles. The normalized spacial score (nSPS) is 43.6. The standard InChI is InChI=1S/C38H53NO3/c1-8-24-16-21-38(39-31(40)9-2)23-22-36(6)28(32(24)38)14-15-30-35(5)19-17-27(25-10-12-26(13-11-25)33(41)42)34(3,4)29(35)18-20-37(30,36)7/h8,10-13,17,24,28-30,32H,1,9,14-16,18-23H2,2-7H3,(H,39,40)(H,41,42). The highest BCUT2D eigenvalue weighted by Gasteiger charge is 2.70. The molecule has 0 spiro atoms. The van der Waals surface area contributed by atoms with E-state index in [-0.39, 0.29) is 33.1 Å². The Kier molecular flexibility index (Phi) is 6.95. The minimum Gasteiger partial charge on any atom is -0.478 e. The summed E-state index contributed by atoms with van der Waals surface area (Å²) >= 11 is 0. The van der Waals surface area contributed by atoms with Gasteiger partial charge in [0, 0.05) is 12.0 Å². The topological polar surface area (TPSA) is 66.4 Å². The molecule has 0 bridgehead atoms. The molecule has 6 rings (SSSR count). The molecular weight excluding hydrogens is 518 g/mol. The average Bonchev–Trinajstić information content (AvgIpc) is 3.31. The van der Waals surface area contributed by atoms with Crippen LogP contribution in [0.5, 0.6) is 0 Å². The van der Waals surface area contributed by atoms with Crippen LogP contribution >= 0.6 is 0 Å². The summed E-state index contributed by atoms with van der Waals surface area (Å²) in [5.41, 5.74) is 3.62. The zero-order valence-corrected chi connectivity index (χ0v) is 26.9. The fraction of sp³-hybridized carbons (Fsp3) is 0.684. The Labute approximate surface area is 253 Å². The van der Waals surface area contributed by atoms with E-state index in [0.717, 1.165) is 25.7 Å². The molecule has 5 aliphatic rings. The van der Waals surface area contributed by atoms with Crippen molar-refractivity contribution in [3.05, 3.63) is 54.1 Å². The lowest BCUT2D eigenvalue weighted by Gasteiger charge is -2.72. The molecular formula is C38H53NO3. The molecule has 2 N–H and O–H groups in total. The van der Waals surface area contributed by atoms with E-state index in [1.807, 2.05) is 19.1 Å². The molecule has 4 heteroatoms. The number of hydrogen-bond acceptors (Lipinski definition) is 2. The summed E-state index contributed by atoms with van der Waals surface area (Å²) in [5.74, 6) is 2.20. The van der Waals surface area contributed by atoms with Gasteiger partial charge in [-0.2, -0.15) is 0 Å². The van der Waals surface area contributed by atoms with E-state index in [9.17, 15) is 14.7 Å². The lowest BCUT2D eigenvalue weighted by atomic mass is 9.33. The molecule has 0 aromatic heterocycles. The van der Waals surface area contributed by atoms with Crippen molar-refractivity contribution in [2.45, 2.75) is 111 Å². The Hall–Kier alpha value is -2.36. The second-order valence-electron chi connectivity index (χ2n) is 16.1. The number of carboxylic acid groups (broad SMARTS) is 1. The zero-order valence-electron chi connectivity index (χ0n) is 26.9. The van der Waals surface area contributed by atoms with Crippen molar-refractivity contribution >= 4 is 17.4 Å². The minimum absolute atomic E-state index is 0.0162. The molecule has 1 aromatic rings. The van der Waals surface area contributed by atoms with Crippen LogP contribution in [0.1, 0.15) is 122 Å². The van der Waals surface area contributed by atoms with Crippen LogP contribution < -0.4 is 5.32 Å². The van der Waals surface area contributed by atoms with Crippen LogP contribution in [0.3, 0.4) is 0 Å². The maximum absolute atomic E-state index is 12.8. The van der Waals surface area contributed by atoms with Crippen molar-refractivity contribution < 1.29 is 14.7 Å². The van der Waals surface area contributed by atoms with Gasteiger partial charge in [-0.15, -0.1) is 6.58 Å². The third-order valence-electron chi connectivity index (χ3n) is 14.5. The number of aromatic carboxylic acids is 1. The zero-order chi connectivity index (χ0) is 30.3. The number of nitrogens with one attached hydrogen (secondary N) is 1. The van der Waals surface area contributed by atoms with E-state index in [2.05, 4.69) is 58.7 Å². The van der Waals surface area contributed by atoms with Crippen LogP contribution in [0.25, 0.3) is 5.57 Å². The van der Waals surface area contributed by atoms with Gasteiger partial charge in [0.1, 0.15) is 0 Å². The lowest BCUT2D eigenvalue weighted by molar-refractivity contribution is -0.219. The monoisotopic (exact) mass is 571 g/mol. The van der Waals surface area contributed by atoms with Gasteiger partial charge in [-0.1, -0.05) is 65.8 Å². The molecule has 9 atom stereocenters. The first-order valence-corrected chi connectivity index (χ1v) is 16.8. The molecule has 4 fully saturated rings. The largest absolute Gasteiger partial charge is 0.478 e. The van der Waals surface area contributed by atoms with Crippen molar-refractivity contribution in [3.8, 4) is 0 Å². The predicted molar refractivity (Wildman–Crippen MR) is 170 cm³/mol. The highest BCUT2D eigenvalue weighted by Crippen LogP contribution is 2.76. The first kappa shape index (κ1) is 29.7. The van der Waals surface area contributed by atoms with E-state index >= 15 is 0 Å². The van der Waals surface area contributed by atoms with Gasteiger partial charge < -0.3 is 10.4 Å². The van der Waals surface area contributed by atoms with Crippen molar-refractivity contribution in [3.63, 3.8) is 0 Å². The number of rotatable bonds is 5. The van der Waals surface area contributed by atoms with Crippen molar-refractivity contribution in [2.75, 3.05) is 0 Å². The van der Waals surface area contributed by atoms with E-state index in [4.69, 9.17) is 0 Å². The van der Waals surface area contributed by atoms with E-state index in [1.165, 1.54) is 43.2 Å². The summed E-state index contributed by atoms with van der Waals surface area (Å²) in [6.45, 7) is 19.1. The van der Waals surface area contributed by atoms with Crippen molar-refractivity contribution in [2.24, 2.45) is 51.2 Å². The summed E-state index contributed by atoms with van der Waals surface area (Å²) in [5, 5.41) is 13.0. The summed E-state index contributed by atoms with van der Waals surface area (Å²) in [4.78, 5) is 24.3. The highest BCUT2D eigenvalue weighted by atomic mass is 16.4. The van der Waals surface area contributed by atoms with Gasteiger partial charge in [0.15, 0.2) is 0 Å². The number of carboxylic acids is 1. The van der Waals surface area contributed by atoms with Gasteiger partial charge in [-0.3, -0.25) is 4.79 Å². The quantitative estimate of drug-likeness (QED) is 0.347. The van der Waals surface area contributed by atoms with Crippen molar-refractivity contribution in [1.82, 2.24) is 5.32 Å². The maximum Gasteiger partial charge on any atom is 0.335 e. The van der Waals surface area contributed by atoms with Crippen LogP contribution in [0.15, 0.2) is 43.0 Å². The van der Waals surface area contributed by atoms with Crippen LogP contribution in [0.2, 0.25) is 0 Å². The first-order valence-electron chi connectivity index (χ1n) is 16.8. The van der Waals surface area contributed by atoms with E-state index in [1.54, 1.807) is 12.1 Å². The van der Waals surface area contributed by atoms with Crippen LogP contribution in [-0.4, -0.2) is 22.5 Å². The first-order chi connectivity index (χ1) is 19.8. The lowest BCUT2D eigenvalue weighted by Crippen LogP contribution is -2.68. The Morgan fingerprint density at radius 2 is 1.64 bits per heavy atom. The molecule has 0 radical (unpaired) electrons. The van der Waals surface area contributed by atoms with Gasteiger partial charge in [0.05, 0.1) is 5.56 Å². The fourth-order valence-electron chi connectivity index (χ4n) is 12.4. The molecule has 1 aromatic carbocycles. The van der Waals surface area contributed by atoms with Gasteiger partial charge in [0.25, 0.3) is 0 Å². The molecule has 228 valence electrons. The second kappa shape index (κ2) is 9.83. The Bertz CT molecular complexity index is 1310. The van der Waals surface area contributed by atoms with E-state index in [0.29, 0.717) is 41.6 Å². The molecule has 1 amide bonds. The number of hydrogen-bond donors (Lipinski definition) is 2. The third kappa shape index (κ3) is 3.91. The van der Waals surface area contributed by atoms with Crippen LogP contribution in [0, 0.1) is 51.2 Å². The summed E-state index contributed by atoms with van der Waals surface area (Å²) in [7, 11) is 0. The Morgan fingerprint density at radius 1 is 0.929 bits per heavy atom. The Morgan fingerprint density at radius 3 is 2.29 bits per heavy atom. The number of allylic oxidation sites excluding steroid dienone is 3. The molecule has 42 heavy (non-hydrogen) atoms. The smallest absolute Gasteiger partial charge is 0.335 e. The minimum atomic E-state index is -0.869.